The van der Waals surface area contributed by atoms with Gasteiger partial charge in [-0.15, -0.1) is 0 Å². The molecule has 1 aromatic carbocycles. The number of allylic oxidation sites excluding steroid dienone is 6. The van der Waals surface area contributed by atoms with E-state index in [9.17, 15) is 29.6 Å². The van der Waals surface area contributed by atoms with Crippen LogP contribution < -0.4 is 0 Å². The monoisotopic (exact) mass is 565 g/mol. The second-order valence-corrected chi connectivity index (χ2v) is 11.1. The summed E-state index contributed by atoms with van der Waals surface area (Å²) in [6, 6.07) is 4.97. The Morgan fingerprint density at radius 1 is 1.10 bits per heavy atom. The zero-order valence-electron chi connectivity index (χ0n) is 24.5. The third kappa shape index (κ3) is 10.8. The summed E-state index contributed by atoms with van der Waals surface area (Å²) in [5, 5.41) is 22.1. The molecule has 41 heavy (non-hydrogen) atoms. The van der Waals surface area contributed by atoms with Crippen LogP contribution in [0.1, 0.15) is 71.2 Å². The van der Waals surface area contributed by atoms with E-state index in [4.69, 9.17) is 9.47 Å². The predicted octanol–water partition coefficient (Wildman–Crippen LogP) is 6.14. The predicted molar refractivity (Wildman–Crippen MR) is 156 cm³/mol. The van der Waals surface area contributed by atoms with Crippen molar-refractivity contribution in [2.24, 2.45) is 5.41 Å². The molecule has 0 radical (unpaired) electrons. The molecule has 9 heteroatoms. The van der Waals surface area contributed by atoms with Crippen LogP contribution in [0.15, 0.2) is 83.5 Å². The molecule has 220 valence electrons. The SMILES string of the molecule is CC(C)=CCC[C@]1(C)/C=C/[C@@H](OC(=O)C=C(C)C)[C@](C)(O)/C=C/C(=O)/C(COC(=O)c2ccc([N+](=O)[O-])cc2)=C\C1. The quantitative estimate of drug-likeness (QED) is 0.124. The molecule has 0 saturated heterocycles. The third-order valence-electron chi connectivity index (χ3n) is 6.54. The number of ketones is 1. The van der Waals surface area contributed by atoms with Crippen molar-refractivity contribution in [2.75, 3.05) is 6.61 Å². The van der Waals surface area contributed by atoms with E-state index in [-0.39, 0.29) is 23.4 Å². The maximum atomic E-state index is 13.2. The summed E-state index contributed by atoms with van der Waals surface area (Å²) >= 11 is 0. The first-order valence-corrected chi connectivity index (χ1v) is 13.4. The summed E-state index contributed by atoms with van der Waals surface area (Å²) in [5.74, 6) is -1.83. The number of ether oxygens (including phenoxy) is 2. The van der Waals surface area contributed by atoms with E-state index in [0.29, 0.717) is 12.8 Å². The number of rotatable bonds is 9. The molecule has 0 spiro atoms. The summed E-state index contributed by atoms with van der Waals surface area (Å²) in [5.41, 5.74) is -0.164. The van der Waals surface area contributed by atoms with Crippen molar-refractivity contribution in [2.45, 2.75) is 72.5 Å². The largest absolute Gasteiger partial charge is 0.457 e. The fraction of sp³-hybridized carbons (Fsp3) is 0.406. The van der Waals surface area contributed by atoms with E-state index in [1.165, 1.54) is 55.0 Å². The maximum absolute atomic E-state index is 13.2. The van der Waals surface area contributed by atoms with Crippen LogP contribution >= 0.6 is 0 Å². The van der Waals surface area contributed by atoms with E-state index in [2.05, 4.69) is 6.08 Å². The Hall–Kier alpha value is -4.11. The molecule has 0 aromatic heterocycles. The first-order valence-electron chi connectivity index (χ1n) is 13.4. The minimum absolute atomic E-state index is 0.106. The Morgan fingerprint density at radius 3 is 2.34 bits per heavy atom. The van der Waals surface area contributed by atoms with Crippen molar-refractivity contribution >= 4 is 23.4 Å². The van der Waals surface area contributed by atoms with Gasteiger partial charge in [-0.25, -0.2) is 9.59 Å². The van der Waals surface area contributed by atoms with E-state index < -0.39 is 39.8 Å². The van der Waals surface area contributed by atoms with Crippen LogP contribution in [0.4, 0.5) is 5.69 Å². The molecule has 0 bridgehead atoms. The lowest BCUT2D eigenvalue weighted by molar-refractivity contribution is -0.384. The fourth-order valence-corrected chi connectivity index (χ4v) is 3.99. The van der Waals surface area contributed by atoms with Gasteiger partial charge >= 0.3 is 11.9 Å². The Kier molecular flexibility index (Phi) is 11.7. The second-order valence-electron chi connectivity index (χ2n) is 11.1. The Morgan fingerprint density at radius 2 is 1.76 bits per heavy atom. The highest BCUT2D eigenvalue weighted by Gasteiger charge is 2.33. The van der Waals surface area contributed by atoms with E-state index >= 15 is 0 Å². The molecule has 1 aliphatic carbocycles. The van der Waals surface area contributed by atoms with E-state index in [0.717, 1.165) is 12.0 Å². The number of nitrogens with zero attached hydrogens (tertiary/aromatic N) is 1. The number of nitro groups is 1. The van der Waals surface area contributed by atoms with Gasteiger partial charge in [0.15, 0.2) is 11.9 Å². The lowest BCUT2D eigenvalue weighted by Gasteiger charge is -2.29. The normalized spacial score (nSPS) is 25.4. The molecule has 1 aromatic rings. The molecule has 0 saturated carbocycles. The topological polar surface area (TPSA) is 133 Å². The number of nitro benzene ring substituents is 1. The second kappa shape index (κ2) is 14.5. The number of non-ortho nitro benzene ring substituents is 1. The summed E-state index contributed by atoms with van der Waals surface area (Å²) in [6.45, 7) is 10.6. The van der Waals surface area contributed by atoms with E-state index in [1.54, 1.807) is 26.0 Å². The van der Waals surface area contributed by atoms with Gasteiger partial charge in [0.2, 0.25) is 0 Å². The van der Waals surface area contributed by atoms with Crippen LogP contribution in [-0.4, -0.2) is 46.1 Å². The molecule has 1 N–H and O–H groups in total. The smallest absolute Gasteiger partial charge is 0.338 e. The van der Waals surface area contributed by atoms with Gasteiger partial charge in [-0.05, 0) is 89.7 Å². The van der Waals surface area contributed by atoms with E-state index in [1.807, 2.05) is 26.8 Å². The summed E-state index contributed by atoms with van der Waals surface area (Å²) in [7, 11) is 0. The molecule has 0 unspecified atom stereocenters. The molecule has 3 atom stereocenters. The number of benzene rings is 1. The maximum Gasteiger partial charge on any atom is 0.338 e. The molecule has 0 fully saturated rings. The summed E-state index contributed by atoms with van der Waals surface area (Å²) in [4.78, 5) is 48.6. The van der Waals surface area contributed by atoms with Crippen LogP contribution in [0, 0.1) is 15.5 Å². The molecule has 0 heterocycles. The minimum Gasteiger partial charge on any atom is -0.457 e. The van der Waals surface area contributed by atoms with Gasteiger partial charge in [-0.3, -0.25) is 14.9 Å². The highest BCUT2D eigenvalue weighted by atomic mass is 16.6. The first-order chi connectivity index (χ1) is 19.1. The van der Waals surface area contributed by atoms with Gasteiger partial charge in [0, 0.05) is 23.8 Å². The highest BCUT2D eigenvalue weighted by molar-refractivity contribution is 6.04. The van der Waals surface area contributed by atoms with Gasteiger partial charge < -0.3 is 14.6 Å². The summed E-state index contributed by atoms with van der Waals surface area (Å²) in [6.07, 6.45) is 11.9. The number of aliphatic hydroxyl groups is 1. The number of hydrogen-bond donors (Lipinski definition) is 1. The Bertz CT molecular complexity index is 1290. The van der Waals surface area contributed by atoms with Crippen LogP contribution in [0.25, 0.3) is 0 Å². The van der Waals surface area contributed by atoms with Crippen molar-refractivity contribution in [1.29, 1.82) is 0 Å². The number of hydrogen-bond acceptors (Lipinski definition) is 8. The van der Waals surface area contributed by atoms with Gasteiger partial charge in [-0.2, -0.15) is 0 Å². The van der Waals surface area contributed by atoms with Crippen molar-refractivity contribution in [1.82, 2.24) is 0 Å². The van der Waals surface area contributed by atoms with Crippen molar-refractivity contribution < 1.29 is 33.9 Å². The Balaban J connectivity index is 2.40. The molecule has 1 aliphatic rings. The lowest BCUT2D eigenvalue weighted by Crippen LogP contribution is -2.39. The van der Waals surface area contributed by atoms with Crippen molar-refractivity contribution in [3.05, 3.63) is 99.2 Å². The number of carbonyl (C=O) groups excluding carboxylic acids is 3. The zero-order valence-corrected chi connectivity index (χ0v) is 24.5. The standard InChI is InChI=1S/C32H39NO8/c1-22(2)8-7-16-31(5)17-13-25(21-40-30(36)24-9-11-26(12-10-24)33(38)39)27(34)14-19-32(6,37)28(15-18-31)41-29(35)20-23(3)4/h8-15,18-20,28,37H,7,16-17,21H2,1-6H3/b18-15+,19-14+,25-13-/t28-,31+,32-/m1/s1. The van der Waals surface area contributed by atoms with Crippen LogP contribution in [0.2, 0.25) is 0 Å². The van der Waals surface area contributed by atoms with Gasteiger partial charge in [-0.1, -0.05) is 36.3 Å². The van der Waals surface area contributed by atoms with Gasteiger partial charge in [0.25, 0.3) is 5.69 Å². The molecule has 9 nitrogen and oxygen atoms in total. The molecule has 2 rings (SSSR count). The average molecular weight is 566 g/mol. The number of esters is 2. The van der Waals surface area contributed by atoms with Gasteiger partial charge in [0.1, 0.15) is 12.2 Å². The van der Waals surface area contributed by atoms with Crippen LogP contribution in [0.5, 0.6) is 0 Å². The number of carbonyl (C=O) groups is 3. The van der Waals surface area contributed by atoms with Crippen molar-refractivity contribution in [3.63, 3.8) is 0 Å². The molecular formula is C32H39NO8. The Labute approximate surface area is 241 Å². The van der Waals surface area contributed by atoms with Crippen LogP contribution in [0.3, 0.4) is 0 Å². The molecule has 0 aliphatic heterocycles. The van der Waals surface area contributed by atoms with Gasteiger partial charge in [0.05, 0.1) is 10.5 Å². The molecular weight excluding hydrogens is 526 g/mol. The first kappa shape index (κ1) is 33.1. The van der Waals surface area contributed by atoms with Crippen LogP contribution in [-0.2, 0) is 19.1 Å². The third-order valence-corrected chi connectivity index (χ3v) is 6.54. The van der Waals surface area contributed by atoms with Crippen molar-refractivity contribution in [3.8, 4) is 0 Å². The summed E-state index contributed by atoms with van der Waals surface area (Å²) < 4.78 is 11.0. The fourth-order valence-electron chi connectivity index (χ4n) is 3.99. The zero-order chi connectivity index (χ0) is 30.8. The highest BCUT2D eigenvalue weighted by Crippen LogP contribution is 2.33. The average Bonchev–Trinajstić information content (AvgIpc) is 2.89. The minimum atomic E-state index is -1.72. The molecule has 0 amide bonds. The lowest BCUT2D eigenvalue weighted by atomic mass is 9.80.